The summed E-state index contributed by atoms with van der Waals surface area (Å²) < 4.78 is 22.1. The van der Waals surface area contributed by atoms with Gasteiger partial charge in [0.2, 0.25) is 11.8 Å². The Morgan fingerprint density at radius 2 is 1.95 bits per heavy atom. The van der Waals surface area contributed by atoms with E-state index in [9.17, 15) is 24.6 Å². The van der Waals surface area contributed by atoms with E-state index in [1.165, 1.54) is 20.3 Å². The molecule has 0 radical (unpaired) electrons. The molecule has 41 heavy (non-hydrogen) atoms. The molecule has 2 aliphatic rings. The Morgan fingerprint density at radius 1 is 1.15 bits per heavy atom. The lowest BCUT2D eigenvalue weighted by atomic mass is 9.77. The van der Waals surface area contributed by atoms with Crippen molar-refractivity contribution in [2.24, 2.45) is 0 Å². The Bertz CT molecular complexity index is 1290. The SMILES string of the molecule is COCCC(=O)N(CCc1cccc(OC)c1)C1C=C(C(=O)NCCO)C2c3cc(C=O)cc(OC)c3OC2C1O. The molecule has 1 aliphatic carbocycles. The number of hydrogen-bond donors (Lipinski definition) is 3. The smallest absolute Gasteiger partial charge is 0.247 e. The van der Waals surface area contributed by atoms with Gasteiger partial charge in [-0.15, -0.1) is 0 Å². The van der Waals surface area contributed by atoms with E-state index >= 15 is 0 Å². The highest BCUT2D eigenvalue weighted by Crippen LogP contribution is 2.51. The summed E-state index contributed by atoms with van der Waals surface area (Å²) in [5.41, 5.74) is 2.03. The summed E-state index contributed by atoms with van der Waals surface area (Å²) in [6.07, 6.45) is 0.632. The third kappa shape index (κ3) is 6.37. The minimum atomic E-state index is -1.22. The molecule has 3 N–H and O–H groups in total. The predicted octanol–water partition coefficient (Wildman–Crippen LogP) is 1.25. The first-order valence-electron chi connectivity index (χ1n) is 13.4. The molecule has 0 saturated carbocycles. The van der Waals surface area contributed by atoms with Crippen molar-refractivity contribution in [1.82, 2.24) is 10.2 Å². The zero-order valence-corrected chi connectivity index (χ0v) is 23.4. The van der Waals surface area contributed by atoms with Crippen LogP contribution in [0.5, 0.6) is 17.2 Å². The summed E-state index contributed by atoms with van der Waals surface area (Å²) in [4.78, 5) is 40.1. The van der Waals surface area contributed by atoms with Crippen molar-refractivity contribution in [2.75, 3.05) is 47.6 Å². The number of aliphatic hydroxyl groups excluding tert-OH is 2. The Balaban J connectivity index is 1.75. The van der Waals surface area contributed by atoms with Crippen molar-refractivity contribution in [3.8, 4) is 17.2 Å². The van der Waals surface area contributed by atoms with Crippen molar-refractivity contribution in [2.45, 2.75) is 37.0 Å². The Morgan fingerprint density at radius 3 is 2.63 bits per heavy atom. The normalized spacial score (nSPS) is 20.7. The van der Waals surface area contributed by atoms with E-state index in [4.69, 9.17) is 18.9 Å². The lowest BCUT2D eigenvalue weighted by Gasteiger charge is -2.40. The van der Waals surface area contributed by atoms with Crippen LogP contribution in [0.4, 0.5) is 0 Å². The van der Waals surface area contributed by atoms with E-state index in [0.29, 0.717) is 41.1 Å². The molecular formula is C30H36N2O9. The van der Waals surface area contributed by atoms with Gasteiger partial charge in [0, 0.05) is 36.9 Å². The number of fused-ring (bicyclic) bond motifs is 3. The van der Waals surface area contributed by atoms with Gasteiger partial charge in [-0.3, -0.25) is 14.4 Å². The van der Waals surface area contributed by atoms with E-state index in [1.807, 2.05) is 24.3 Å². The minimum Gasteiger partial charge on any atom is -0.497 e. The van der Waals surface area contributed by atoms with Gasteiger partial charge >= 0.3 is 0 Å². The van der Waals surface area contributed by atoms with Gasteiger partial charge in [0.1, 0.15) is 24.2 Å². The Kier molecular flexibility index (Phi) is 9.98. The first kappa shape index (κ1) is 30.0. The molecule has 0 fully saturated rings. The van der Waals surface area contributed by atoms with Gasteiger partial charge in [-0.2, -0.15) is 0 Å². The van der Waals surface area contributed by atoms with Crippen LogP contribution >= 0.6 is 0 Å². The average molecular weight is 569 g/mol. The first-order valence-corrected chi connectivity index (χ1v) is 13.4. The highest BCUT2D eigenvalue weighted by atomic mass is 16.5. The number of nitrogens with one attached hydrogen (secondary N) is 1. The molecule has 0 bridgehead atoms. The van der Waals surface area contributed by atoms with Crippen molar-refractivity contribution in [3.05, 3.63) is 64.7 Å². The number of carbonyl (C=O) groups is 3. The van der Waals surface area contributed by atoms with Gasteiger partial charge in [0.15, 0.2) is 11.5 Å². The van der Waals surface area contributed by atoms with Crippen LogP contribution in [0.1, 0.15) is 33.8 Å². The summed E-state index contributed by atoms with van der Waals surface area (Å²) in [6, 6.07) is 9.71. The standard InChI is InChI=1S/C30H36N2O9/c1-38-12-8-25(35)32(10-7-18-5-4-6-20(13-18)39-2)23-16-22(30(37)31-9-11-33)26-21-14-19(17-34)15-24(40-3)28(21)41-29(26)27(23)36/h4-6,13-17,23,26-27,29,33,36H,7-12H2,1-3H3,(H,31,37). The zero-order chi connectivity index (χ0) is 29.5. The molecule has 0 spiro atoms. The number of hydrogen-bond acceptors (Lipinski definition) is 9. The number of methoxy groups -OCH3 is 3. The molecular weight excluding hydrogens is 532 g/mol. The Hall–Kier alpha value is -3.93. The second-order valence-corrected chi connectivity index (χ2v) is 9.83. The molecule has 1 aliphatic heterocycles. The maximum Gasteiger partial charge on any atom is 0.247 e. The van der Waals surface area contributed by atoms with E-state index in [0.717, 1.165) is 5.56 Å². The van der Waals surface area contributed by atoms with Crippen LogP contribution in [0.3, 0.4) is 0 Å². The number of aliphatic hydroxyl groups is 2. The average Bonchev–Trinajstić information content (AvgIpc) is 3.39. The van der Waals surface area contributed by atoms with Gasteiger partial charge in [-0.1, -0.05) is 12.1 Å². The number of ether oxygens (including phenoxy) is 4. The van der Waals surface area contributed by atoms with Gasteiger partial charge in [0.25, 0.3) is 0 Å². The first-order chi connectivity index (χ1) is 19.9. The summed E-state index contributed by atoms with van der Waals surface area (Å²) in [6.45, 7) is 0.170. The lowest BCUT2D eigenvalue weighted by Crippen LogP contribution is -2.56. The molecule has 220 valence electrons. The van der Waals surface area contributed by atoms with E-state index in [-0.39, 0.29) is 44.2 Å². The maximum absolute atomic E-state index is 13.5. The van der Waals surface area contributed by atoms with Crippen LogP contribution in [-0.2, 0) is 20.7 Å². The van der Waals surface area contributed by atoms with Crippen molar-refractivity contribution in [3.63, 3.8) is 0 Å². The molecule has 11 heteroatoms. The van der Waals surface area contributed by atoms with Crippen LogP contribution in [-0.4, -0.2) is 99.1 Å². The summed E-state index contributed by atoms with van der Waals surface area (Å²) >= 11 is 0. The molecule has 0 aromatic heterocycles. The van der Waals surface area contributed by atoms with E-state index in [2.05, 4.69) is 5.32 Å². The number of carbonyl (C=O) groups excluding carboxylic acids is 3. The van der Waals surface area contributed by atoms with Gasteiger partial charge in [-0.05, 0) is 42.3 Å². The summed E-state index contributed by atoms with van der Waals surface area (Å²) in [5, 5.41) is 23.7. The molecule has 0 saturated heterocycles. The maximum atomic E-state index is 13.5. The van der Waals surface area contributed by atoms with Crippen LogP contribution in [0.25, 0.3) is 0 Å². The zero-order valence-electron chi connectivity index (χ0n) is 23.4. The third-order valence-corrected chi connectivity index (χ3v) is 7.39. The second kappa shape index (κ2) is 13.6. The molecule has 2 aromatic carbocycles. The highest BCUT2D eigenvalue weighted by Gasteiger charge is 2.51. The number of rotatable bonds is 13. The monoisotopic (exact) mass is 568 g/mol. The molecule has 4 atom stereocenters. The highest BCUT2D eigenvalue weighted by molar-refractivity contribution is 5.96. The molecule has 4 rings (SSSR count). The molecule has 1 heterocycles. The van der Waals surface area contributed by atoms with Gasteiger partial charge in [0.05, 0.1) is 45.8 Å². The largest absolute Gasteiger partial charge is 0.497 e. The molecule has 2 amide bonds. The number of nitrogens with zero attached hydrogens (tertiary/aromatic N) is 1. The van der Waals surface area contributed by atoms with Crippen molar-refractivity contribution >= 4 is 18.1 Å². The lowest BCUT2D eigenvalue weighted by molar-refractivity contribution is -0.138. The summed E-state index contributed by atoms with van der Waals surface area (Å²) in [7, 11) is 4.52. The summed E-state index contributed by atoms with van der Waals surface area (Å²) in [5.74, 6) is -0.178. The van der Waals surface area contributed by atoms with Crippen LogP contribution in [0.2, 0.25) is 0 Å². The number of aldehydes is 1. The minimum absolute atomic E-state index is 0.0124. The number of amides is 2. The van der Waals surface area contributed by atoms with Crippen LogP contribution in [0, 0.1) is 0 Å². The van der Waals surface area contributed by atoms with E-state index < -0.39 is 30.1 Å². The Labute approximate surface area is 238 Å². The van der Waals surface area contributed by atoms with E-state index in [1.54, 1.807) is 24.2 Å². The molecule has 11 nitrogen and oxygen atoms in total. The van der Waals surface area contributed by atoms with Crippen LogP contribution in [0.15, 0.2) is 48.0 Å². The third-order valence-electron chi connectivity index (χ3n) is 7.39. The number of benzene rings is 2. The van der Waals surface area contributed by atoms with Gasteiger partial charge < -0.3 is 39.4 Å². The second-order valence-electron chi connectivity index (χ2n) is 9.83. The van der Waals surface area contributed by atoms with Crippen molar-refractivity contribution in [1.29, 1.82) is 0 Å². The fraction of sp³-hybridized carbons (Fsp3) is 0.433. The molecule has 2 aromatic rings. The predicted molar refractivity (Wildman–Crippen MR) is 148 cm³/mol. The fourth-order valence-corrected chi connectivity index (χ4v) is 5.41. The quantitative estimate of drug-likeness (QED) is 0.304. The molecule has 4 unspecified atom stereocenters. The van der Waals surface area contributed by atoms with Crippen LogP contribution < -0.4 is 19.5 Å². The van der Waals surface area contributed by atoms with Gasteiger partial charge in [-0.25, -0.2) is 0 Å². The topological polar surface area (TPSA) is 144 Å². The fourth-order valence-electron chi connectivity index (χ4n) is 5.41. The van der Waals surface area contributed by atoms with Crippen molar-refractivity contribution < 1.29 is 43.5 Å².